The largest absolute Gasteiger partial charge is 0.497 e. The number of carbonyl (C=O) groups is 1. The number of hydrogen-bond donors (Lipinski definition) is 0. The number of aldehydes is 1. The molecule has 1 aromatic heterocycles. The van der Waals surface area contributed by atoms with Crippen LogP contribution in [0, 0.1) is 5.82 Å². The lowest BCUT2D eigenvalue weighted by Crippen LogP contribution is -1.93. The summed E-state index contributed by atoms with van der Waals surface area (Å²) in [7, 11) is 1.58. The van der Waals surface area contributed by atoms with Crippen molar-refractivity contribution in [3.63, 3.8) is 0 Å². The Morgan fingerprint density at radius 2 is 1.86 bits per heavy atom. The Labute approximate surface area is 121 Å². The van der Waals surface area contributed by atoms with Crippen LogP contribution in [0.1, 0.15) is 10.5 Å². The monoisotopic (exact) mass is 281 g/mol. The Balaban J connectivity index is 2.29. The van der Waals surface area contributed by atoms with Gasteiger partial charge in [-0.25, -0.2) is 9.37 Å². The van der Waals surface area contributed by atoms with Gasteiger partial charge >= 0.3 is 0 Å². The first-order valence-corrected chi connectivity index (χ1v) is 6.41. The SMILES string of the molecule is COc1ccc2c(-c3ccc(F)cc3)cc(C=O)nc2c1. The van der Waals surface area contributed by atoms with Crippen LogP contribution in [0.4, 0.5) is 4.39 Å². The molecule has 0 saturated carbocycles. The Morgan fingerprint density at radius 3 is 2.52 bits per heavy atom. The second-order valence-corrected chi connectivity index (χ2v) is 4.60. The van der Waals surface area contributed by atoms with Crippen molar-refractivity contribution in [1.82, 2.24) is 4.98 Å². The zero-order valence-corrected chi connectivity index (χ0v) is 11.3. The van der Waals surface area contributed by atoms with Crippen molar-refractivity contribution < 1.29 is 13.9 Å². The van der Waals surface area contributed by atoms with Gasteiger partial charge in [0, 0.05) is 11.5 Å². The van der Waals surface area contributed by atoms with Crippen LogP contribution in [0.15, 0.2) is 48.5 Å². The molecule has 1 heterocycles. The van der Waals surface area contributed by atoms with E-state index in [9.17, 15) is 9.18 Å². The molecule has 3 aromatic rings. The normalized spacial score (nSPS) is 10.6. The van der Waals surface area contributed by atoms with Crippen molar-refractivity contribution in [2.45, 2.75) is 0 Å². The zero-order valence-electron chi connectivity index (χ0n) is 11.3. The number of nitrogens with zero attached hydrogens (tertiary/aromatic N) is 1. The van der Waals surface area contributed by atoms with Crippen molar-refractivity contribution in [2.75, 3.05) is 7.11 Å². The topological polar surface area (TPSA) is 39.2 Å². The predicted molar refractivity (Wildman–Crippen MR) is 79.1 cm³/mol. The van der Waals surface area contributed by atoms with E-state index in [1.807, 2.05) is 12.1 Å². The van der Waals surface area contributed by atoms with Crippen molar-refractivity contribution in [2.24, 2.45) is 0 Å². The highest BCUT2D eigenvalue weighted by atomic mass is 19.1. The van der Waals surface area contributed by atoms with E-state index < -0.39 is 0 Å². The average molecular weight is 281 g/mol. The minimum absolute atomic E-state index is 0.297. The van der Waals surface area contributed by atoms with Gasteiger partial charge in [-0.05, 0) is 41.5 Å². The lowest BCUT2D eigenvalue weighted by Gasteiger charge is -2.09. The highest BCUT2D eigenvalue weighted by molar-refractivity contribution is 5.97. The molecule has 0 aliphatic heterocycles. The Hall–Kier alpha value is -2.75. The quantitative estimate of drug-likeness (QED) is 0.684. The van der Waals surface area contributed by atoms with Gasteiger partial charge in [-0.15, -0.1) is 0 Å². The molecule has 0 fully saturated rings. The predicted octanol–water partition coefficient (Wildman–Crippen LogP) is 3.86. The molecule has 0 saturated heterocycles. The summed E-state index contributed by atoms with van der Waals surface area (Å²) in [5, 5.41) is 0.882. The molecule has 0 N–H and O–H groups in total. The van der Waals surface area contributed by atoms with E-state index in [2.05, 4.69) is 4.98 Å². The van der Waals surface area contributed by atoms with E-state index in [1.165, 1.54) is 12.1 Å². The molecular weight excluding hydrogens is 269 g/mol. The van der Waals surface area contributed by atoms with Crippen molar-refractivity contribution >= 4 is 17.2 Å². The molecule has 3 rings (SSSR count). The fourth-order valence-corrected chi connectivity index (χ4v) is 2.28. The third-order valence-electron chi connectivity index (χ3n) is 3.31. The standard InChI is InChI=1S/C17H12FNO2/c1-21-14-6-7-15-16(11-2-4-12(18)5-3-11)8-13(10-20)19-17(15)9-14/h2-10H,1H3. The number of fused-ring (bicyclic) bond motifs is 1. The molecular formula is C17H12FNO2. The van der Waals surface area contributed by atoms with Crippen LogP contribution in [0.25, 0.3) is 22.0 Å². The molecule has 0 aliphatic carbocycles. The fourth-order valence-electron chi connectivity index (χ4n) is 2.28. The van der Waals surface area contributed by atoms with Gasteiger partial charge in [0.15, 0.2) is 6.29 Å². The minimum Gasteiger partial charge on any atom is -0.497 e. The van der Waals surface area contributed by atoms with Crippen LogP contribution in [0.5, 0.6) is 5.75 Å². The summed E-state index contributed by atoms with van der Waals surface area (Å²) < 4.78 is 18.3. The molecule has 0 spiro atoms. The van der Waals surface area contributed by atoms with Gasteiger partial charge < -0.3 is 4.74 Å². The van der Waals surface area contributed by atoms with Gasteiger partial charge in [0.05, 0.1) is 12.6 Å². The first-order valence-electron chi connectivity index (χ1n) is 6.41. The molecule has 3 nitrogen and oxygen atoms in total. The first-order chi connectivity index (χ1) is 10.2. The second-order valence-electron chi connectivity index (χ2n) is 4.60. The number of pyridine rings is 1. The van der Waals surface area contributed by atoms with E-state index in [1.54, 1.807) is 31.4 Å². The van der Waals surface area contributed by atoms with Gasteiger partial charge in [-0.2, -0.15) is 0 Å². The minimum atomic E-state index is -0.297. The maximum atomic E-state index is 13.1. The van der Waals surface area contributed by atoms with E-state index in [4.69, 9.17) is 4.74 Å². The number of hydrogen-bond acceptors (Lipinski definition) is 3. The van der Waals surface area contributed by atoms with Crippen molar-refractivity contribution in [1.29, 1.82) is 0 Å². The van der Waals surface area contributed by atoms with Crippen LogP contribution < -0.4 is 4.74 Å². The van der Waals surface area contributed by atoms with Crippen LogP contribution in [-0.4, -0.2) is 18.4 Å². The van der Waals surface area contributed by atoms with Gasteiger partial charge in [0.1, 0.15) is 17.3 Å². The number of carbonyl (C=O) groups excluding carboxylic acids is 1. The number of rotatable bonds is 3. The maximum absolute atomic E-state index is 13.1. The lowest BCUT2D eigenvalue weighted by atomic mass is 10.00. The summed E-state index contributed by atoms with van der Waals surface area (Å²) in [6.07, 6.45) is 0.700. The van der Waals surface area contributed by atoms with Crippen LogP contribution in [-0.2, 0) is 0 Å². The third-order valence-corrected chi connectivity index (χ3v) is 3.31. The molecule has 2 aromatic carbocycles. The summed E-state index contributed by atoms with van der Waals surface area (Å²) >= 11 is 0. The van der Waals surface area contributed by atoms with Crippen LogP contribution in [0.3, 0.4) is 0 Å². The zero-order chi connectivity index (χ0) is 14.8. The molecule has 0 amide bonds. The third kappa shape index (κ3) is 2.48. The molecule has 0 radical (unpaired) electrons. The van der Waals surface area contributed by atoms with E-state index in [0.29, 0.717) is 23.2 Å². The summed E-state index contributed by atoms with van der Waals surface area (Å²) in [5.74, 6) is 0.373. The number of ether oxygens (including phenoxy) is 1. The molecule has 4 heteroatoms. The van der Waals surface area contributed by atoms with E-state index >= 15 is 0 Å². The van der Waals surface area contributed by atoms with E-state index in [-0.39, 0.29) is 5.82 Å². The van der Waals surface area contributed by atoms with Gasteiger partial charge in [0.2, 0.25) is 0 Å². The molecule has 104 valence electrons. The number of methoxy groups -OCH3 is 1. The highest BCUT2D eigenvalue weighted by Gasteiger charge is 2.09. The summed E-state index contributed by atoms with van der Waals surface area (Å²) in [4.78, 5) is 15.4. The number of aromatic nitrogens is 1. The van der Waals surface area contributed by atoms with Crippen molar-refractivity contribution in [3.05, 3.63) is 60.0 Å². The first kappa shape index (κ1) is 13.2. The van der Waals surface area contributed by atoms with Gasteiger partial charge in [-0.3, -0.25) is 4.79 Å². The Bertz CT molecular complexity index is 813. The average Bonchev–Trinajstić information content (AvgIpc) is 2.54. The molecule has 0 aliphatic rings. The molecule has 0 unspecified atom stereocenters. The van der Waals surface area contributed by atoms with Crippen LogP contribution >= 0.6 is 0 Å². The number of halogens is 1. The Morgan fingerprint density at radius 1 is 1.10 bits per heavy atom. The molecule has 0 bridgehead atoms. The van der Waals surface area contributed by atoms with Crippen molar-refractivity contribution in [3.8, 4) is 16.9 Å². The summed E-state index contributed by atoms with van der Waals surface area (Å²) in [6.45, 7) is 0. The van der Waals surface area contributed by atoms with Crippen LogP contribution in [0.2, 0.25) is 0 Å². The van der Waals surface area contributed by atoms with E-state index in [0.717, 1.165) is 16.5 Å². The van der Waals surface area contributed by atoms with Gasteiger partial charge in [-0.1, -0.05) is 12.1 Å². The summed E-state index contributed by atoms with van der Waals surface area (Å²) in [5.41, 5.74) is 2.66. The Kier molecular flexibility index (Phi) is 3.36. The summed E-state index contributed by atoms with van der Waals surface area (Å²) in [6, 6.07) is 13.3. The molecule has 0 atom stereocenters. The fraction of sp³-hybridized carbons (Fsp3) is 0.0588. The lowest BCUT2D eigenvalue weighted by molar-refractivity contribution is 0.111. The maximum Gasteiger partial charge on any atom is 0.168 e. The smallest absolute Gasteiger partial charge is 0.168 e. The number of benzene rings is 2. The highest BCUT2D eigenvalue weighted by Crippen LogP contribution is 2.30. The second kappa shape index (κ2) is 5.32. The molecule has 21 heavy (non-hydrogen) atoms. The van der Waals surface area contributed by atoms with Gasteiger partial charge in [0.25, 0.3) is 0 Å².